The highest BCUT2D eigenvalue weighted by molar-refractivity contribution is 7.99. The standard InChI is InChI=1S/C8H9NO4S2/c10-7(11)2-1-4-14-6-3-5-15-8(6)9(12)13/h3,5H,1-2,4H2,(H,10,11). The van der Waals surface area contributed by atoms with Crippen LogP contribution in [-0.2, 0) is 4.79 Å². The Kier molecular flexibility index (Phi) is 4.57. The molecule has 1 rings (SSSR count). The van der Waals surface area contributed by atoms with Crippen molar-refractivity contribution in [1.82, 2.24) is 0 Å². The van der Waals surface area contributed by atoms with E-state index in [9.17, 15) is 14.9 Å². The van der Waals surface area contributed by atoms with Gasteiger partial charge < -0.3 is 5.11 Å². The molecule has 1 aromatic rings. The van der Waals surface area contributed by atoms with E-state index < -0.39 is 10.9 Å². The number of nitro groups is 1. The molecular weight excluding hydrogens is 238 g/mol. The first-order valence-electron chi connectivity index (χ1n) is 4.17. The molecule has 1 aromatic heterocycles. The van der Waals surface area contributed by atoms with Crippen molar-refractivity contribution in [2.45, 2.75) is 17.7 Å². The Bertz CT molecular complexity index is 363. The lowest BCUT2D eigenvalue weighted by Crippen LogP contribution is -1.94. The van der Waals surface area contributed by atoms with E-state index >= 15 is 0 Å². The van der Waals surface area contributed by atoms with Crippen molar-refractivity contribution in [3.05, 3.63) is 21.6 Å². The molecule has 0 aliphatic carbocycles. The summed E-state index contributed by atoms with van der Waals surface area (Å²) in [6.07, 6.45) is 0.623. The van der Waals surface area contributed by atoms with Crippen molar-refractivity contribution in [2.75, 3.05) is 5.75 Å². The van der Waals surface area contributed by atoms with Gasteiger partial charge in [0, 0.05) is 6.42 Å². The van der Waals surface area contributed by atoms with E-state index in [1.165, 1.54) is 11.8 Å². The molecule has 0 aliphatic heterocycles. The molecule has 5 nitrogen and oxygen atoms in total. The molecule has 0 spiro atoms. The molecule has 0 amide bonds. The number of thiophene rings is 1. The van der Waals surface area contributed by atoms with Crippen LogP contribution in [0.15, 0.2) is 16.3 Å². The minimum Gasteiger partial charge on any atom is -0.481 e. The van der Waals surface area contributed by atoms with Crippen molar-refractivity contribution < 1.29 is 14.8 Å². The lowest BCUT2D eigenvalue weighted by molar-refractivity contribution is -0.382. The molecule has 82 valence electrons. The Balaban J connectivity index is 2.40. The topological polar surface area (TPSA) is 80.4 Å². The second kappa shape index (κ2) is 5.72. The third kappa shape index (κ3) is 3.88. The fraction of sp³-hybridized carbons (Fsp3) is 0.375. The summed E-state index contributed by atoms with van der Waals surface area (Å²) >= 11 is 2.42. The molecule has 0 fully saturated rings. The van der Waals surface area contributed by atoms with E-state index in [0.717, 1.165) is 11.3 Å². The van der Waals surface area contributed by atoms with E-state index in [1.807, 2.05) is 0 Å². The van der Waals surface area contributed by atoms with Gasteiger partial charge in [0.05, 0.1) is 9.82 Å². The Morgan fingerprint density at radius 1 is 1.67 bits per heavy atom. The average molecular weight is 247 g/mol. The third-order valence-corrected chi connectivity index (χ3v) is 3.70. The Labute approximate surface area is 94.3 Å². The van der Waals surface area contributed by atoms with E-state index in [1.54, 1.807) is 11.4 Å². The van der Waals surface area contributed by atoms with Gasteiger partial charge in [-0.25, -0.2) is 0 Å². The summed E-state index contributed by atoms with van der Waals surface area (Å²) in [5.74, 6) is -0.250. The van der Waals surface area contributed by atoms with Crippen LogP contribution in [0, 0.1) is 10.1 Å². The van der Waals surface area contributed by atoms with E-state index in [2.05, 4.69) is 0 Å². The summed E-state index contributed by atoms with van der Waals surface area (Å²) in [6, 6.07) is 1.69. The van der Waals surface area contributed by atoms with Gasteiger partial charge in [0.15, 0.2) is 0 Å². The summed E-state index contributed by atoms with van der Waals surface area (Å²) in [4.78, 5) is 21.0. The second-order valence-corrected chi connectivity index (χ2v) is 4.72. The number of nitrogens with zero attached hydrogens (tertiary/aromatic N) is 1. The van der Waals surface area contributed by atoms with E-state index in [0.29, 0.717) is 17.1 Å². The van der Waals surface area contributed by atoms with Crippen molar-refractivity contribution in [2.24, 2.45) is 0 Å². The minimum absolute atomic E-state index is 0.102. The zero-order valence-corrected chi connectivity index (χ0v) is 9.34. The molecule has 1 N–H and O–H groups in total. The molecule has 0 aliphatic rings. The number of carboxylic acids is 1. The third-order valence-electron chi connectivity index (χ3n) is 1.57. The van der Waals surface area contributed by atoms with Gasteiger partial charge in [-0.1, -0.05) is 11.3 Å². The van der Waals surface area contributed by atoms with Gasteiger partial charge in [0.25, 0.3) is 0 Å². The lowest BCUT2D eigenvalue weighted by Gasteiger charge is -1.96. The fourth-order valence-electron chi connectivity index (χ4n) is 0.938. The van der Waals surface area contributed by atoms with Gasteiger partial charge >= 0.3 is 11.0 Å². The van der Waals surface area contributed by atoms with E-state index in [-0.39, 0.29) is 11.4 Å². The van der Waals surface area contributed by atoms with Gasteiger partial charge in [0.1, 0.15) is 0 Å². The van der Waals surface area contributed by atoms with Crippen LogP contribution in [0.2, 0.25) is 0 Å². The highest BCUT2D eigenvalue weighted by Gasteiger charge is 2.15. The predicted octanol–water partition coefficient (Wildman–Crippen LogP) is 2.61. The SMILES string of the molecule is O=C(O)CCCSc1ccsc1[N+](=O)[O-]. The lowest BCUT2D eigenvalue weighted by atomic mass is 10.3. The number of carbonyl (C=O) groups is 1. The van der Waals surface area contributed by atoms with Crippen LogP contribution in [0.5, 0.6) is 0 Å². The van der Waals surface area contributed by atoms with Gasteiger partial charge in [-0.15, -0.1) is 11.8 Å². The Morgan fingerprint density at radius 3 is 3.00 bits per heavy atom. The summed E-state index contributed by atoms with van der Waals surface area (Å²) in [5, 5.41) is 20.7. The largest absolute Gasteiger partial charge is 0.481 e. The van der Waals surface area contributed by atoms with Crippen LogP contribution in [0.3, 0.4) is 0 Å². The maximum Gasteiger partial charge on any atom is 0.337 e. The fourth-order valence-corrected chi connectivity index (χ4v) is 2.82. The Hall–Kier alpha value is -1.08. The number of hydrogen-bond acceptors (Lipinski definition) is 5. The summed E-state index contributed by atoms with van der Waals surface area (Å²) in [6.45, 7) is 0. The maximum absolute atomic E-state index is 10.5. The average Bonchev–Trinajstić information content (AvgIpc) is 2.60. The van der Waals surface area contributed by atoms with Gasteiger partial charge in [-0.2, -0.15) is 0 Å². The summed E-state index contributed by atoms with van der Waals surface area (Å²) in [5.41, 5.74) is 0. The predicted molar refractivity (Wildman–Crippen MR) is 58.6 cm³/mol. The number of hydrogen-bond donors (Lipinski definition) is 1. The zero-order valence-electron chi connectivity index (χ0n) is 7.71. The molecule has 0 aromatic carbocycles. The van der Waals surface area contributed by atoms with E-state index in [4.69, 9.17) is 5.11 Å². The molecule has 0 unspecified atom stereocenters. The molecule has 0 saturated heterocycles. The van der Waals surface area contributed by atoms with Crippen molar-refractivity contribution in [3.8, 4) is 0 Å². The first-order chi connectivity index (χ1) is 7.11. The molecule has 0 atom stereocenters. The smallest absolute Gasteiger partial charge is 0.337 e. The molecule has 1 heterocycles. The molecule has 0 bridgehead atoms. The summed E-state index contributed by atoms with van der Waals surface area (Å²) < 4.78 is 0. The molecular formula is C8H9NO4S2. The van der Waals surface area contributed by atoms with Gasteiger partial charge in [0.2, 0.25) is 0 Å². The van der Waals surface area contributed by atoms with Crippen LogP contribution in [0.4, 0.5) is 5.00 Å². The highest BCUT2D eigenvalue weighted by Crippen LogP contribution is 2.34. The highest BCUT2D eigenvalue weighted by atomic mass is 32.2. The second-order valence-electron chi connectivity index (χ2n) is 2.69. The first kappa shape index (κ1) is 12.0. The number of rotatable bonds is 6. The van der Waals surface area contributed by atoms with Crippen LogP contribution in [0.1, 0.15) is 12.8 Å². The van der Waals surface area contributed by atoms with Crippen LogP contribution in [0.25, 0.3) is 0 Å². The molecule has 0 saturated carbocycles. The quantitative estimate of drug-likeness (QED) is 0.361. The van der Waals surface area contributed by atoms with Crippen LogP contribution in [-0.4, -0.2) is 21.8 Å². The zero-order chi connectivity index (χ0) is 11.3. The van der Waals surface area contributed by atoms with Gasteiger partial charge in [-0.05, 0) is 23.6 Å². The maximum atomic E-state index is 10.5. The van der Waals surface area contributed by atoms with Crippen molar-refractivity contribution in [1.29, 1.82) is 0 Å². The van der Waals surface area contributed by atoms with Crippen molar-refractivity contribution in [3.63, 3.8) is 0 Å². The van der Waals surface area contributed by atoms with Crippen LogP contribution < -0.4 is 0 Å². The van der Waals surface area contributed by atoms with Crippen LogP contribution >= 0.6 is 23.1 Å². The molecule has 15 heavy (non-hydrogen) atoms. The first-order valence-corrected chi connectivity index (χ1v) is 6.04. The monoisotopic (exact) mass is 247 g/mol. The summed E-state index contributed by atoms with van der Waals surface area (Å²) in [7, 11) is 0. The normalized spacial score (nSPS) is 10.1. The Morgan fingerprint density at radius 2 is 2.40 bits per heavy atom. The number of aliphatic carboxylic acids is 1. The number of carboxylic acid groups (broad SMARTS) is 1. The van der Waals surface area contributed by atoms with Gasteiger partial charge in [-0.3, -0.25) is 14.9 Å². The molecule has 7 heteroatoms. The number of thioether (sulfide) groups is 1. The molecule has 0 radical (unpaired) electrons. The minimum atomic E-state index is -0.838. The van der Waals surface area contributed by atoms with Crippen molar-refractivity contribution >= 4 is 34.1 Å².